The molecule has 3 heterocycles. The van der Waals surface area contributed by atoms with Crippen molar-refractivity contribution in [2.45, 2.75) is 0 Å². The van der Waals surface area contributed by atoms with Crippen LogP contribution in [-0.4, -0.2) is 20.4 Å². The molecule has 6 aromatic rings. The standard InChI is InChI=1S/C27H21N6PS.H2O/c35-34(31-22-13-19-7-1-4-10-25(19)28-16-22,32-23-14-20-8-2-5-11-26(20)29-17-23)33-24-15-21-9-3-6-12-27(21)30-18-24;/h1-18H,(H3,31,32,33,35);1H2. The summed E-state index contributed by atoms with van der Waals surface area (Å²) in [6.07, 6.45) is 5.43. The molecule has 0 bridgehead atoms. The lowest BCUT2D eigenvalue weighted by Gasteiger charge is -2.28. The van der Waals surface area contributed by atoms with Crippen LogP contribution in [0, 0.1) is 0 Å². The lowest BCUT2D eigenvalue weighted by atomic mass is 10.2. The summed E-state index contributed by atoms with van der Waals surface area (Å²) in [7, 11) is 0. The average molecular weight is 511 g/mol. The molecule has 7 nitrogen and oxygen atoms in total. The molecule has 3 aromatic carbocycles. The van der Waals surface area contributed by atoms with Crippen LogP contribution in [0.2, 0.25) is 0 Å². The number of fused-ring (bicyclic) bond motifs is 3. The zero-order valence-electron chi connectivity index (χ0n) is 19.1. The minimum absolute atomic E-state index is 0. The highest BCUT2D eigenvalue weighted by atomic mass is 32.4. The van der Waals surface area contributed by atoms with Crippen LogP contribution in [0.25, 0.3) is 32.7 Å². The van der Waals surface area contributed by atoms with Gasteiger partial charge in [0.1, 0.15) is 0 Å². The number of aromatic nitrogens is 3. The zero-order valence-corrected chi connectivity index (χ0v) is 20.8. The van der Waals surface area contributed by atoms with Crippen molar-refractivity contribution in [3.05, 3.63) is 110 Å². The number of rotatable bonds is 6. The van der Waals surface area contributed by atoms with E-state index in [1.54, 1.807) is 0 Å². The summed E-state index contributed by atoms with van der Waals surface area (Å²) >= 11 is 6.21. The number of benzene rings is 3. The first-order valence-corrected chi connectivity index (χ1v) is 13.9. The third kappa shape index (κ3) is 4.97. The second-order valence-electron chi connectivity index (χ2n) is 8.19. The van der Waals surface area contributed by atoms with Crippen molar-refractivity contribution >= 4 is 68.1 Å². The fourth-order valence-corrected chi connectivity index (χ4v) is 6.60. The van der Waals surface area contributed by atoms with Crippen LogP contribution in [0.4, 0.5) is 17.1 Å². The van der Waals surface area contributed by atoms with E-state index in [9.17, 15) is 0 Å². The van der Waals surface area contributed by atoms with Crippen molar-refractivity contribution in [2.24, 2.45) is 0 Å². The van der Waals surface area contributed by atoms with Gasteiger partial charge in [-0.3, -0.25) is 15.0 Å². The van der Waals surface area contributed by atoms with Gasteiger partial charge >= 0.3 is 0 Å². The van der Waals surface area contributed by atoms with Gasteiger partial charge in [0.25, 0.3) is 0 Å². The molecule has 9 heteroatoms. The molecule has 0 aliphatic rings. The molecule has 0 fully saturated rings. The Bertz CT molecular complexity index is 1540. The molecule has 0 unspecified atom stereocenters. The van der Waals surface area contributed by atoms with Gasteiger partial charge in [-0.25, -0.2) is 0 Å². The van der Waals surface area contributed by atoms with Gasteiger partial charge in [-0.1, -0.05) is 54.6 Å². The van der Waals surface area contributed by atoms with Crippen molar-refractivity contribution in [1.82, 2.24) is 15.0 Å². The largest absolute Gasteiger partial charge is 0.412 e. The van der Waals surface area contributed by atoms with Crippen molar-refractivity contribution < 1.29 is 5.48 Å². The van der Waals surface area contributed by atoms with Gasteiger partial charge in [-0.2, -0.15) is 0 Å². The highest BCUT2D eigenvalue weighted by Gasteiger charge is 2.19. The molecule has 0 atom stereocenters. The van der Waals surface area contributed by atoms with Gasteiger partial charge in [0, 0.05) is 16.2 Å². The summed E-state index contributed by atoms with van der Waals surface area (Å²) < 4.78 is 0. The maximum absolute atomic E-state index is 6.21. The fraction of sp³-hybridized carbons (Fsp3) is 0. The Labute approximate surface area is 213 Å². The third-order valence-electron chi connectivity index (χ3n) is 5.63. The molecule has 0 saturated carbocycles. The van der Waals surface area contributed by atoms with Crippen molar-refractivity contribution in [3.8, 4) is 0 Å². The number of anilines is 3. The van der Waals surface area contributed by atoms with E-state index >= 15 is 0 Å². The molecule has 0 saturated heterocycles. The van der Waals surface area contributed by atoms with E-state index in [4.69, 9.17) is 11.8 Å². The van der Waals surface area contributed by atoms with Crippen LogP contribution >= 0.6 is 6.49 Å². The summed E-state index contributed by atoms with van der Waals surface area (Å²) in [5, 5.41) is 13.7. The van der Waals surface area contributed by atoms with Crippen LogP contribution in [0.3, 0.4) is 0 Å². The second-order valence-corrected chi connectivity index (χ2v) is 11.7. The van der Waals surface area contributed by atoms with Crippen LogP contribution in [0.15, 0.2) is 110 Å². The summed E-state index contributed by atoms with van der Waals surface area (Å²) in [5.41, 5.74) is 5.29. The molecule has 36 heavy (non-hydrogen) atoms. The molecule has 0 aliphatic heterocycles. The lowest BCUT2D eigenvalue weighted by molar-refractivity contribution is 0.824. The van der Waals surface area contributed by atoms with E-state index in [-0.39, 0.29) is 5.48 Å². The minimum Gasteiger partial charge on any atom is -0.412 e. The lowest BCUT2D eigenvalue weighted by Crippen LogP contribution is -2.14. The van der Waals surface area contributed by atoms with Crippen LogP contribution < -0.4 is 15.3 Å². The Balaban J connectivity index is 0.00000267. The third-order valence-corrected chi connectivity index (χ3v) is 8.17. The van der Waals surface area contributed by atoms with E-state index < -0.39 is 6.49 Å². The predicted molar refractivity (Wildman–Crippen MR) is 154 cm³/mol. The van der Waals surface area contributed by atoms with Crippen LogP contribution in [-0.2, 0) is 11.8 Å². The zero-order chi connectivity index (χ0) is 23.7. The molecule has 0 radical (unpaired) electrons. The predicted octanol–water partition coefficient (Wildman–Crippen LogP) is 6.37. The van der Waals surface area contributed by atoms with E-state index in [0.29, 0.717) is 0 Å². The molecule has 178 valence electrons. The van der Waals surface area contributed by atoms with Gasteiger partial charge in [-0.05, 0) is 48.2 Å². The first-order chi connectivity index (χ1) is 17.1. The minimum atomic E-state index is -2.66. The summed E-state index contributed by atoms with van der Waals surface area (Å²) in [6.45, 7) is -2.66. The number of para-hydroxylation sites is 3. The quantitative estimate of drug-likeness (QED) is 0.224. The Kier molecular flexibility index (Phi) is 6.48. The molecule has 6 rings (SSSR count). The van der Waals surface area contributed by atoms with Crippen LogP contribution in [0.5, 0.6) is 0 Å². The van der Waals surface area contributed by atoms with Gasteiger partial charge in [-0.15, -0.1) is 0 Å². The summed E-state index contributed by atoms with van der Waals surface area (Å²) in [5.74, 6) is 0. The SMILES string of the molecule is O.S=P(Nc1cnc2ccccc2c1)(Nc1cnc2ccccc2c1)Nc1cnc2ccccc2c1. The highest BCUT2D eigenvalue weighted by molar-refractivity contribution is 8.16. The van der Waals surface area contributed by atoms with Crippen molar-refractivity contribution in [3.63, 3.8) is 0 Å². The Hall–Kier alpha value is -4.10. The first-order valence-electron chi connectivity index (χ1n) is 11.1. The number of hydrogen-bond donors (Lipinski definition) is 3. The number of nitrogens with one attached hydrogen (secondary N) is 3. The van der Waals surface area contributed by atoms with Gasteiger partial charge < -0.3 is 20.7 Å². The Morgan fingerprint density at radius 3 is 1.14 bits per heavy atom. The Morgan fingerprint density at radius 1 is 0.500 bits per heavy atom. The van der Waals surface area contributed by atoms with Crippen molar-refractivity contribution in [1.29, 1.82) is 0 Å². The number of hydrogen-bond acceptors (Lipinski definition) is 4. The molecule has 5 N–H and O–H groups in total. The van der Waals surface area contributed by atoms with E-state index in [1.807, 2.05) is 91.4 Å². The summed E-state index contributed by atoms with van der Waals surface area (Å²) in [4.78, 5) is 13.8. The van der Waals surface area contributed by atoms with E-state index in [1.165, 1.54) is 0 Å². The maximum Gasteiger partial charge on any atom is 0.211 e. The molecular weight excluding hydrogens is 487 g/mol. The molecular formula is C27H23N6OPS. The molecule has 0 amide bonds. The normalized spacial score (nSPS) is 11.2. The molecule has 0 aliphatic carbocycles. The summed E-state index contributed by atoms with van der Waals surface area (Å²) in [6, 6.07) is 30.2. The smallest absolute Gasteiger partial charge is 0.211 e. The van der Waals surface area contributed by atoms with Crippen molar-refractivity contribution in [2.75, 3.05) is 15.3 Å². The molecule has 3 aromatic heterocycles. The first kappa shape index (κ1) is 23.6. The van der Waals surface area contributed by atoms with Gasteiger partial charge in [0.15, 0.2) is 0 Å². The second kappa shape index (κ2) is 9.87. The average Bonchev–Trinajstić information content (AvgIpc) is 2.88. The topological polar surface area (TPSA) is 106 Å². The van der Waals surface area contributed by atoms with E-state index in [2.05, 4.69) is 48.4 Å². The highest BCUT2D eigenvalue weighted by Crippen LogP contribution is 2.46. The van der Waals surface area contributed by atoms with Gasteiger partial charge in [0.05, 0.1) is 52.2 Å². The van der Waals surface area contributed by atoms with Gasteiger partial charge in [0.2, 0.25) is 6.49 Å². The fourth-order valence-electron chi connectivity index (χ4n) is 4.03. The number of pyridine rings is 3. The monoisotopic (exact) mass is 510 g/mol. The van der Waals surface area contributed by atoms with Crippen LogP contribution in [0.1, 0.15) is 0 Å². The maximum atomic E-state index is 6.21. The van der Waals surface area contributed by atoms with E-state index in [0.717, 1.165) is 49.8 Å². The Morgan fingerprint density at radius 2 is 0.806 bits per heavy atom. The molecule has 0 spiro atoms. The number of nitrogens with zero attached hydrogens (tertiary/aromatic N) is 3.